The predicted octanol–water partition coefficient (Wildman–Crippen LogP) is -3.47. The molecule has 0 aliphatic rings. The van der Waals surface area contributed by atoms with E-state index >= 15 is 0 Å². The van der Waals surface area contributed by atoms with Crippen LogP contribution in [0.4, 0.5) is 0 Å². The summed E-state index contributed by atoms with van der Waals surface area (Å²) in [6, 6.07) is 0. The van der Waals surface area contributed by atoms with Gasteiger partial charge in [0.2, 0.25) is 0 Å². The summed E-state index contributed by atoms with van der Waals surface area (Å²) in [5.41, 5.74) is 0. The maximum Gasteiger partial charge on any atom is 0.326 e. The normalized spacial score (nSPS) is 19.2. The molecule has 0 aliphatic heterocycles. The first-order valence-corrected chi connectivity index (χ1v) is 7.44. The summed E-state index contributed by atoms with van der Waals surface area (Å²) in [5, 5.41) is 46.2. The molecule has 0 aromatic heterocycles. The van der Waals surface area contributed by atoms with Crippen LogP contribution in [0.3, 0.4) is 0 Å². The van der Waals surface area contributed by atoms with E-state index in [1.54, 1.807) is 0 Å². The van der Waals surface area contributed by atoms with Gasteiger partial charge in [-0.3, -0.25) is 4.57 Å². The molecular formula is C9H22NO8P. The van der Waals surface area contributed by atoms with Crippen molar-refractivity contribution in [1.82, 2.24) is 4.90 Å². The first-order chi connectivity index (χ1) is 8.58. The summed E-state index contributed by atoms with van der Waals surface area (Å²) in [6.45, 7) is -0.928. The summed E-state index contributed by atoms with van der Waals surface area (Å²) < 4.78 is 10.6. The van der Waals surface area contributed by atoms with Gasteiger partial charge in [-0.25, -0.2) is 0 Å². The molecule has 0 radical (unpaired) electrons. The summed E-state index contributed by atoms with van der Waals surface area (Å²) in [6.07, 6.45) is -6.80. The lowest BCUT2D eigenvalue weighted by atomic mass is 10.0. The van der Waals surface area contributed by atoms with Gasteiger partial charge < -0.3 is 40.2 Å². The molecule has 19 heavy (non-hydrogen) atoms. The highest BCUT2D eigenvalue weighted by Gasteiger charge is 2.30. The summed E-state index contributed by atoms with van der Waals surface area (Å²) in [4.78, 5) is 18.7. The van der Waals surface area contributed by atoms with Gasteiger partial charge in [-0.05, 0) is 7.05 Å². The summed E-state index contributed by atoms with van der Waals surface area (Å²) in [5.74, 6) is 0. The van der Waals surface area contributed by atoms with Crippen molar-refractivity contribution in [3.63, 3.8) is 0 Å². The minimum Gasteiger partial charge on any atom is -0.394 e. The molecule has 0 aromatic rings. The standard InChI is InChI=1S/C9H22NO8P/c1-10(2-3-19(16,17)18)4-6(12)8(14)9(15)7(13)5-11/h6-9,11-15H,2-5H2,1H3,(H2,16,17,18)/t6-,7+,8+,9+/m0/s1. The van der Waals surface area contributed by atoms with Crippen molar-refractivity contribution in [2.45, 2.75) is 24.4 Å². The molecular weight excluding hydrogens is 281 g/mol. The van der Waals surface area contributed by atoms with Crippen LogP contribution in [0, 0.1) is 0 Å². The number of aliphatic hydroxyl groups is 5. The van der Waals surface area contributed by atoms with E-state index in [1.165, 1.54) is 11.9 Å². The third kappa shape index (κ3) is 7.93. The highest BCUT2D eigenvalue weighted by atomic mass is 31.2. The van der Waals surface area contributed by atoms with Gasteiger partial charge in [0.25, 0.3) is 0 Å². The van der Waals surface area contributed by atoms with E-state index in [0.717, 1.165) is 0 Å². The first-order valence-electron chi connectivity index (χ1n) is 5.64. The zero-order chi connectivity index (χ0) is 15.2. The van der Waals surface area contributed by atoms with Crippen LogP contribution in [0.25, 0.3) is 0 Å². The molecule has 0 saturated heterocycles. The fraction of sp³-hybridized carbons (Fsp3) is 1.00. The van der Waals surface area contributed by atoms with E-state index in [9.17, 15) is 19.9 Å². The highest BCUT2D eigenvalue weighted by Crippen LogP contribution is 2.33. The second-order valence-corrected chi connectivity index (χ2v) is 6.23. The molecule has 0 fully saturated rings. The minimum atomic E-state index is -4.13. The van der Waals surface area contributed by atoms with Crippen molar-refractivity contribution in [3.8, 4) is 0 Å². The molecule has 0 bridgehead atoms. The van der Waals surface area contributed by atoms with Gasteiger partial charge in [0.1, 0.15) is 18.3 Å². The van der Waals surface area contributed by atoms with Gasteiger partial charge in [0.05, 0.1) is 18.9 Å². The van der Waals surface area contributed by atoms with E-state index in [1.807, 2.05) is 0 Å². The maximum atomic E-state index is 10.6. The van der Waals surface area contributed by atoms with Gasteiger partial charge >= 0.3 is 7.60 Å². The Morgan fingerprint density at radius 3 is 1.95 bits per heavy atom. The molecule has 0 rings (SSSR count). The van der Waals surface area contributed by atoms with Gasteiger partial charge in [-0.1, -0.05) is 0 Å². The lowest BCUT2D eigenvalue weighted by molar-refractivity contribution is -0.118. The Hall–Kier alpha value is -0.0900. The Kier molecular flexibility index (Phi) is 8.21. The van der Waals surface area contributed by atoms with E-state index in [-0.39, 0.29) is 13.1 Å². The molecule has 116 valence electrons. The van der Waals surface area contributed by atoms with Crippen LogP contribution in [0.15, 0.2) is 0 Å². The van der Waals surface area contributed by atoms with Crippen LogP contribution in [-0.4, -0.2) is 97.5 Å². The van der Waals surface area contributed by atoms with E-state index in [4.69, 9.17) is 20.0 Å². The maximum absolute atomic E-state index is 10.6. The number of aliphatic hydroxyl groups excluding tert-OH is 5. The lowest BCUT2D eigenvalue weighted by Gasteiger charge is -2.28. The van der Waals surface area contributed by atoms with Crippen molar-refractivity contribution in [2.24, 2.45) is 0 Å². The molecule has 7 N–H and O–H groups in total. The molecule has 0 amide bonds. The van der Waals surface area contributed by atoms with Gasteiger partial charge in [-0.2, -0.15) is 0 Å². The van der Waals surface area contributed by atoms with Crippen LogP contribution < -0.4 is 0 Å². The number of rotatable bonds is 9. The third-order valence-corrected chi connectivity index (χ3v) is 3.38. The Morgan fingerprint density at radius 1 is 1.05 bits per heavy atom. The van der Waals surface area contributed by atoms with Crippen LogP contribution in [0.2, 0.25) is 0 Å². The number of hydrogen-bond acceptors (Lipinski definition) is 7. The van der Waals surface area contributed by atoms with Crippen molar-refractivity contribution in [1.29, 1.82) is 0 Å². The quantitative estimate of drug-likeness (QED) is 0.214. The van der Waals surface area contributed by atoms with Crippen LogP contribution in [-0.2, 0) is 4.57 Å². The SMILES string of the molecule is CN(CCP(=O)(O)O)C[C@H](O)[C@@H](O)[C@H](O)[C@H](O)CO. The Labute approximate surface area is 110 Å². The molecule has 0 saturated carbocycles. The average molecular weight is 303 g/mol. The highest BCUT2D eigenvalue weighted by molar-refractivity contribution is 7.51. The number of likely N-dealkylation sites (N-methyl/N-ethyl adjacent to an activating group) is 1. The molecule has 0 spiro atoms. The molecule has 4 atom stereocenters. The predicted molar refractivity (Wildman–Crippen MR) is 65.5 cm³/mol. The van der Waals surface area contributed by atoms with Crippen LogP contribution in [0.1, 0.15) is 0 Å². The minimum absolute atomic E-state index is 0.00724. The number of nitrogens with zero attached hydrogens (tertiary/aromatic N) is 1. The molecule has 9 nitrogen and oxygen atoms in total. The Balaban J connectivity index is 4.21. The van der Waals surface area contributed by atoms with E-state index < -0.39 is 44.8 Å². The Bertz CT molecular complexity index is 298. The fourth-order valence-corrected chi connectivity index (χ4v) is 1.98. The first kappa shape index (κ1) is 18.9. The van der Waals surface area contributed by atoms with Crippen molar-refractivity contribution < 1.29 is 39.9 Å². The van der Waals surface area contributed by atoms with Crippen molar-refractivity contribution >= 4 is 7.60 Å². The smallest absolute Gasteiger partial charge is 0.326 e. The fourth-order valence-electron chi connectivity index (χ4n) is 1.38. The molecule has 0 aliphatic carbocycles. The average Bonchev–Trinajstić information content (AvgIpc) is 2.32. The van der Waals surface area contributed by atoms with E-state index in [0.29, 0.717) is 0 Å². The van der Waals surface area contributed by atoms with E-state index in [2.05, 4.69) is 0 Å². The zero-order valence-electron chi connectivity index (χ0n) is 10.6. The summed E-state index contributed by atoms with van der Waals surface area (Å²) in [7, 11) is -2.66. The van der Waals surface area contributed by atoms with Gasteiger partial charge in [0, 0.05) is 13.1 Å². The zero-order valence-corrected chi connectivity index (χ0v) is 11.5. The van der Waals surface area contributed by atoms with Crippen LogP contribution >= 0.6 is 7.60 Å². The third-order valence-electron chi connectivity index (χ3n) is 2.60. The molecule has 0 unspecified atom stereocenters. The molecule has 0 aromatic carbocycles. The summed E-state index contributed by atoms with van der Waals surface area (Å²) >= 11 is 0. The Morgan fingerprint density at radius 2 is 1.53 bits per heavy atom. The monoisotopic (exact) mass is 303 g/mol. The second-order valence-electron chi connectivity index (χ2n) is 4.45. The van der Waals surface area contributed by atoms with Gasteiger partial charge in [0.15, 0.2) is 0 Å². The lowest BCUT2D eigenvalue weighted by Crippen LogP contribution is -2.49. The van der Waals surface area contributed by atoms with Crippen LogP contribution in [0.5, 0.6) is 0 Å². The molecule has 0 heterocycles. The molecule has 10 heteroatoms. The van der Waals surface area contributed by atoms with Gasteiger partial charge in [-0.15, -0.1) is 0 Å². The van der Waals surface area contributed by atoms with Crippen molar-refractivity contribution in [3.05, 3.63) is 0 Å². The van der Waals surface area contributed by atoms with Crippen molar-refractivity contribution in [2.75, 3.05) is 32.9 Å². The topological polar surface area (TPSA) is 162 Å². The number of hydrogen-bond donors (Lipinski definition) is 7. The second kappa shape index (κ2) is 8.25. The largest absolute Gasteiger partial charge is 0.394 e.